The summed E-state index contributed by atoms with van der Waals surface area (Å²) in [4.78, 5) is 10.9. The number of aromatic nitrogens is 2. The molecular weight excluding hydrogens is 260 g/mol. The van der Waals surface area contributed by atoms with Crippen molar-refractivity contribution < 1.29 is 4.74 Å². The second-order valence-corrected chi connectivity index (χ2v) is 5.78. The van der Waals surface area contributed by atoms with Crippen LogP contribution in [-0.2, 0) is 0 Å². The quantitative estimate of drug-likeness (QED) is 0.863. The van der Waals surface area contributed by atoms with Crippen molar-refractivity contribution in [3.63, 3.8) is 0 Å². The fraction of sp³-hybridized carbons (Fsp3) is 0.692. The third-order valence-electron chi connectivity index (χ3n) is 3.32. The molecule has 1 atom stereocenters. The molecule has 0 saturated carbocycles. The van der Waals surface area contributed by atoms with Gasteiger partial charge in [-0.3, -0.25) is 0 Å². The summed E-state index contributed by atoms with van der Waals surface area (Å²) in [5.74, 6) is 4.79. The summed E-state index contributed by atoms with van der Waals surface area (Å²) >= 11 is 2.00. The van der Waals surface area contributed by atoms with E-state index in [1.54, 1.807) is 13.4 Å². The average molecular weight is 282 g/mol. The molecule has 19 heavy (non-hydrogen) atoms. The van der Waals surface area contributed by atoms with Crippen molar-refractivity contribution in [3.05, 3.63) is 6.33 Å². The molecule has 1 aromatic rings. The van der Waals surface area contributed by atoms with Crippen molar-refractivity contribution in [2.24, 2.45) is 0 Å². The van der Waals surface area contributed by atoms with E-state index in [2.05, 4.69) is 34.2 Å². The van der Waals surface area contributed by atoms with Crippen LogP contribution in [0, 0.1) is 0 Å². The van der Waals surface area contributed by atoms with Gasteiger partial charge < -0.3 is 15.0 Å². The zero-order chi connectivity index (χ0) is 13.7. The highest BCUT2D eigenvalue weighted by Crippen LogP contribution is 2.34. The van der Waals surface area contributed by atoms with Crippen molar-refractivity contribution in [2.75, 3.05) is 42.4 Å². The van der Waals surface area contributed by atoms with Crippen LogP contribution in [0.5, 0.6) is 5.75 Å². The average Bonchev–Trinajstić information content (AvgIpc) is 2.97. The van der Waals surface area contributed by atoms with E-state index in [1.165, 1.54) is 12.2 Å². The van der Waals surface area contributed by atoms with Crippen LogP contribution in [0.15, 0.2) is 6.33 Å². The lowest BCUT2D eigenvalue weighted by molar-refractivity contribution is 0.411. The summed E-state index contributed by atoms with van der Waals surface area (Å²) in [7, 11) is 3.77. The Morgan fingerprint density at radius 3 is 3.00 bits per heavy atom. The summed E-state index contributed by atoms with van der Waals surface area (Å²) < 4.78 is 5.52. The molecule has 0 bridgehead atoms. The second kappa shape index (κ2) is 6.84. The van der Waals surface area contributed by atoms with E-state index in [4.69, 9.17) is 4.74 Å². The second-order valence-electron chi connectivity index (χ2n) is 4.63. The van der Waals surface area contributed by atoms with Crippen LogP contribution >= 0.6 is 11.8 Å². The number of rotatable bonds is 6. The number of hydrogen-bond donors (Lipinski definition) is 1. The first-order valence-corrected chi connectivity index (χ1v) is 7.86. The van der Waals surface area contributed by atoms with Gasteiger partial charge in [0.2, 0.25) is 5.75 Å². The maximum atomic E-state index is 5.52. The molecular formula is C13H22N4OS. The van der Waals surface area contributed by atoms with E-state index < -0.39 is 0 Å². The van der Waals surface area contributed by atoms with Gasteiger partial charge in [-0.05, 0) is 18.6 Å². The number of methoxy groups -OCH3 is 1. The minimum Gasteiger partial charge on any atom is -0.490 e. The van der Waals surface area contributed by atoms with Crippen molar-refractivity contribution in [3.8, 4) is 5.75 Å². The van der Waals surface area contributed by atoms with E-state index in [9.17, 15) is 0 Å². The smallest absolute Gasteiger partial charge is 0.204 e. The third kappa shape index (κ3) is 3.23. The third-order valence-corrected chi connectivity index (χ3v) is 4.46. The lowest BCUT2D eigenvalue weighted by Crippen LogP contribution is -2.32. The molecule has 0 aliphatic carbocycles. The highest BCUT2D eigenvalue weighted by atomic mass is 32.2. The molecule has 5 nitrogen and oxygen atoms in total. The molecule has 1 aromatic heterocycles. The number of anilines is 2. The summed E-state index contributed by atoms with van der Waals surface area (Å²) in [6.45, 7) is 3.01. The lowest BCUT2D eigenvalue weighted by Gasteiger charge is -2.26. The summed E-state index contributed by atoms with van der Waals surface area (Å²) in [5.41, 5.74) is 0. The molecule has 1 N–H and O–H groups in total. The molecule has 106 valence electrons. The van der Waals surface area contributed by atoms with Gasteiger partial charge in [0.25, 0.3) is 0 Å². The maximum Gasteiger partial charge on any atom is 0.204 e. The molecule has 2 heterocycles. The predicted molar refractivity (Wildman–Crippen MR) is 81.5 cm³/mol. The first-order chi connectivity index (χ1) is 9.27. The molecule has 2 rings (SSSR count). The minimum absolute atomic E-state index is 0.535. The molecule has 1 fully saturated rings. The Bertz CT molecular complexity index is 410. The van der Waals surface area contributed by atoms with Crippen LogP contribution in [0.2, 0.25) is 0 Å². The van der Waals surface area contributed by atoms with Crippen LogP contribution in [0.25, 0.3) is 0 Å². The molecule has 1 unspecified atom stereocenters. The molecule has 1 aliphatic heterocycles. The number of thioether (sulfide) groups is 1. The topological polar surface area (TPSA) is 50.3 Å². The molecule has 6 heteroatoms. The van der Waals surface area contributed by atoms with E-state index >= 15 is 0 Å². The summed E-state index contributed by atoms with van der Waals surface area (Å²) in [5, 5.41) is 3.29. The number of nitrogens with one attached hydrogen (secondary N) is 1. The van der Waals surface area contributed by atoms with Gasteiger partial charge >= 0.3 is 0 Å². The van der Waals surface area contributed by atoms with E-state index in [0.717, 1.165) is 36.1 Å². The van der Waals surface area contributed by atoms with Gasteiger partial charge in [0.15, 0.2) is 11.6 Å². The van der Waals surface area contributed by atoms with Crippen LogP contribution < -0.4 is 15.0 Å². The molecule has 1 saturated heterocycles. The Balaban J connectivity index is 2.22. The Hall–Kier alpha value is -1.17. The van der Waals surface area contributed by atoms with Crippen LogP contribution in [0.3, 0.4) is 0 Å². The fourth-order valence-electron chi connectivity index (χ4n) is 2.17. The molecule has 0 aromatic carbocycles. The minimum atomic E-state index is 0.535. The van der Waals surface area contributed by atoms with Crippen molar-refractivity contribution >= 4 is 23.4 Å². The van der Waals surface area contributed by atoms with Gasteiger partial charge in [-0.15, -0.1) is 0 Å². The standard InChI is InChI=1S/C13H22N4OS/c1-4-6-14-12-11(18-3)13(16-9-15-12)17(2)10-5-7-19-8-10/h9-10H,4-8H2,1-3H3,(H,14,15,16). The molecule has 0 spiro atoms. The Labute approximate surface area is 119 Å². The Morgan fingerprint density at radius 1 is 1.53 bits per heavy atom. The van der Waals surface area contributed by atoms with Gasteiger partial charge in [0.1, 0.15) is 6.33 Å². The largest absolute Gasteiger partial charge is 0.490 e. The van der Waals surface area contributed by atoms with Gasteiger partial charge in [-0.1, -0.05) is 6.92 Å². The van der Waals surface area contributed by atoms with Gasteiger partial charge in [0, 0.05) is 25.4 Å². The first kappa shape index (κ1) is 14.2. The normalized spacial score (nSPS) is 18.4. The zero-order valence-corrected chi connectivity index (χ0v) is 12.7. The Kier molecular flexibility index (Phi) is 5.13. The van der Waals surface area contributed by atoms with E-state index in [0.29, 0.717) is 6.04 Å². The molecule has 1 aliphatic rings. The van der Waals surface area contributed by atoms with E-state index in [1.807, 2.05) is 11.8 Å². The van der Waals surface area contributed by atoms with Crippen LogP contribution in [0.1, 0.15) is 19.8 Å². The molecule has 0 amide bonds. The van der Waals surface area contributed by atoms with E-state index in [-0.39, 0.29) is 0 Å². The number of nitrogens with zero attached hydrogens (tertiary/aromatic N) is 3. The van der Waals surface area contributed by atoms with Crippen molar-refractivity contribution in [1.82, 2.24) is 9.97 Å². The van der Waals surface area contributed by atoms with Gasteiger partial charge in [-0.2, -0.15) is 11.8 Å². The Morgan fingerprint density at radius 2 is 2.37 bits per heavy atom. The summed E-state index contributed by atoms with van der Waals surface area (Å²) in [6.07, 6.45) is 3.86. The van der Waals surface area contributed by atoms with Gasteiger partial charge in [-0.25, -0.2) is 9.97 Å². The SMILES string of the molecule is CCCNc1ncnc(N(C)C2CCSC2)c1OC. The highest BCUT2D eigenvalue weighted by molar-refractivity contribution is 7.99. The van der Waals surface area contributed by atoms with Crippen LogP contribution in [0.4, 0.5) is 11.6 Å². The zero-order valence-electron chi connectivity index (χ0n) is 11.8. The highest BCUT2D eigenvalue weighted by Gasteiger charge is 2.24. The monoisotopic (exact) mass is 282 g/mol. The number of ether oxygens (including phenoxy) is 1. The number of hydrogen-bond acceptors (Lipinski definition) is 6. The lowest BCUT2D eigenvalue weighted by atomic mass is 10.2. The maximum absolute atomic E-state index is 5.52. The summed E-state index contributed by atoms with van der Waals surface area (Å²) in [6, 6.07) is 0.535. The predicted octanol–water partition coefficient (Wildman–Crippen LogP) is 2.25. The first-order valence-electron chi connectivity index (χ1n) is 6.71. The fourth-order valence-corrected chi connectivity index (χ4v) is 3.44. The van der Waals surface area contributed by atoms with Crippen molar-refractivity contribution in [1.29, 1.82) is 0 Å². The molecule has 0 radical (unpaired) electrons. The van der Waals surface area contributed by atoms with Crippen molar-refractivity contribution in [2.45, 2.75) is 25.8 Å². The van der Waals surface area contributed by atoms with Gasteiger partial charge in [0.05, 0.1) is 7.11 Å². The van der Waals surface area contributed by atoms with Crippen LogP contribution in [-0.4, -0.2) is 48.2 Å².